The number of rotatable bonds is 4. The van der Waals surface area contributed by atoms with Crippen LogP contribution in [-0.2, 0) is 6.61 Å². The summed E-state index contributed by atoms with van der Waals surface area (Å²) >= 11 is 0. The first-order valence-corrected chi connectivity index (χ1v) is 4.46. The van der Waals surface area contributed by atoms with Crippen LogP contribution in [0.5, 0.6) is 5.75 Å². The largest absolute Gasteiger partial charge is 0.496 e. The Kier molecular flexibility index (Phi) is 4.16. The third-order valence-corrected chi connectivity index (χ3v) is 1.93. The van der Waals surface area contributed by atoms with Gasteiger partial charge < -0.3 is 15.6 Å². The van der Waals surface area contributed by atoms with E-state index < -0.39 is 0 Å². The van der Waals surface area contributed by atoms with Gasteiger partial charge in [0.25, 0.3) is 0 Å². The predicted molar refractivity (Wildman–Crippen MR) is 57.0 cm³/mol. The fourth-order valence-corrected chi connectivity index (χ4v) is 1.20. The number of methoxy groups -OCH3 is 1. The second kappa shape index (κ2) is 5.42. The van der Waals surface area contributed by atoms with Gasteiger partial charge in [-0.3, -0.25) is 0 Å². The lowest BCUT2D eigenvalue weighted by molar-refractivity contribution is 0.274. The fourth-order valence-electron chi connectivity index (χ4n) is 1.20. The molecule has 0 aromatic heterocycles. The minimum Gasteiger partial charge on any atom is -0.496 e. The van der Waals surface area contributed by atoms with Crippen LogP contribution in [0.1, 0.15) is 11.1 Å². The molecule has 0 aliphatic rings. The highest BCUT2D eigenvalue weighted by Crippen LogP contribution is 2.20. The van der Waals surface area contributed by atoms with E-state index in [0.29, 0.717) is 12.3 Å². The summed E-state index contributed by atoms with van der Waals surface area (Å²) in [4.78, 5) is 0. The molecule has 0 saturated heterocycles. The van der Waals surface area contributed by atoms with Gasteiger partial charge in [-0.1, -0.05) is 24.3 Å². The van der Waals surface area contributed by atoms with Crippen molar-refractivity contribution in [2.24, 2.45) is 5.73 Å². The molecule has 0 saturated carbocycles. The maximum absolute atomic E-state index is 9.00. The molecule has 0 aliphatic heterocycles. The van der Waals surface area contributed by atoms with E-state index in [1.54, 1.807) is 7.11 Å². The monoisotopic (exact) mass is 193 g/mol. The summed E-state index contributed by atoms with van der Waals surface area (Å²) in [5.41, 5.74) is 7.15. The van der Waals surface area contributed by atoms with Crippen LogP contribution in [0.15, 0.2) is 24.3 Å². The van der Waals surface area contributed by atoms with E-state index in [4.69, 9.17) is 15.6 Å². The molecule has 76 valence electrons. The van der Waals surface area contributed by atoms with Crippen molar-refractivity contribution >= 4 is 6.08 Å². The summed E-state index contributed by atoms with van der Waals surface area (Å²) in [6, 6.07) is 5.63. The zero-order valence-electron chi connectivity index (χ0n) is 8.23. The lowest BCUT2D eigenvalue weighted by Gasteiger charge is -2.06. The summed E-state index contributed by atoms with van der Waals surface area (Å²) in [7, 11) is 1.59. The molecule has 0 bridgehead atoms. The molecule has 3 nitrogen and oxygen atoms in total. The lowest BCUT2D eigenvalue weighted by Crippen LogP contribution is -1.93. The second-order valence-corrected chi connectivity index (χ2v) is 2.87. The third kappa shape index (κ3) is 2.58. The Morgan fingerprint density at radius 3 is 2.86 bits per heavy atom. The van der Waals surface area contributed by atoms with Crippen molar-refractivity contribution in [1.29, 1.82) is 0 Å². The van der Waals surface area contributed by atoms with Gasteiger partial charge in [-0.2, -0.15) is 0 Å². The van der Waals surface area contributed by atoms with E-state index in [1.807, 2.05) is 30.4 Å². The zero-order chi connectivity index (χ0) is 10.4. The highest BCUT2D eigenvalue weighted by Gasteiger charge is 2.00. The third-order valence-electron chi connectivity index (χ3n) is 1.93. The van der Waals surface area contributed by atoms with Crippen molar-refractivity contribution in [3.05, 3.63) is 35.4 Å². The van der Waals surface area contributed by atoms with Crippen LogP contribution in [0.3, 0.4) is 0 Å². The van der Waals surface area contributed by atoms with Crippen molar-refractivity contribution < 1.29 is 9.84 Å². The number of nitrogens with two attached hydrogens (primary N) is 1. The Labute approximate surface area is 83.8 Å². The average Bonchev–Trinajstić information content (AvgIpc) is 2.25. The second-order valence-electron chi connectivity index (χ2n) is 2.87. The van der Waals surface area contributed by atoms with E-state index in [2.05, 4.69) is 0 Å². The van der Waals surface area contributed by atoms with Crippen LogP contribution >= 0.6 is 0 Å². The minimum absolute atomic E-state index is 0.00986. The van der Waals surface area contributed by atoms with Crippen LogP contribution in [0, 0.1) is 0 Å². The van der Waals surface area contributed by atoms with E-state index in [-0.39, 0.29) is 6.61 Å². The van der Waals surface area contributed by atoms with Crippen LogP contribution < -0.4 is 10.5 Å². The highest BCUT2D eigenvalue weighted by atomic mass is 16.5. The van der Waals surface area contributed by atoms with E-state index in [9.17, 15) is 0 Å². The Bertz CT molecular complexity index is 321. The molecule has 0 atom stereocenters. The lowest BCUT2D eigenvalue weighted by atomic mass is 10.1. The summed E-state index contributed by atoms with van der Waals surface area (Å²) < 4.78 is 5.13. The SMILES string of the molecule is COc1cc(C=CCN)ccc1CO. The van der Waals surface area contributed by atoms with E-state index in [1.165, 1.54) is 0 Å². The predicted octanol–water partition coefficient (Wildman–Crippen LogP) is 1.16. The molecule has 0 aliphatic carbocycles. The molecular formula is C11H15NO2. The molecule has 14 heavy (non-hydrogen) atoms. The first-order chi connectivity index (χ1) is 6.81. The first kappa shape index (κ1) is 10.8. The number of benzene rings is 1. The fraction of sp³-hybridized carbons (Fsp3) is 0.273. The van der Waals surface area contributed by atoms with Crippen molar-refractivity contribution in [1.82, 2.24) is 0 Å². The van der Waals surface area contributed by atoms with Gasteiger partial charge in [0.2, 0.25) is 0 Å². The Morgan fingerprint density at radius 1 is 1.50 bits per heavy atom. The smallest absolute Gasteiger partial charge is 0.124 e. The summed E-state index contributed by atoms with van der Waals surface area (Å²) in [6.45, 7) is 0.508. The number of aliphatic hydroxyl groups excluding tert-OH is 1. The Hall–Kier alpha value is -1.32. The van der Waals surface area contributed by atoms with Crippen LogP contribution in [0.25, 0.3) is 6.08 Å². The maximum Gasteiger partial charge on any atom is 0.124 e. The first-order valence-electron chi connectivity index (χ1n) is 4.46. The molecule has 1 aromatic carbocycles. The zero-order valence-corrected chi connectivity index (χ0v) is 8.23. The van der Waals surface area contributed by atoms with Crippen molar-refractivity contribution in [2.75, 3.05) is 13.7 Å². The van der Waals surface area contributed by atoms with Crippen molar-refractivity contribution in [3.8, 4) is 5.75 Å². The molecular weight excluding hydrogens is 178 g/mol. The summed E-state index contributed by atoms with van der Waals surface area (Å²) in [5.74, 6) is 0.701. The maximum atomic E-state index is 9.00. The van der Waals surface area contributed by atoms with Gasteiger partial charge in [0.1, 0.15) is 5.75 Å². The molecule has 0 fully saturated rings. The molecule has 1 aromatic rings. The summed E-state index contributed by atoms with van der Waals surface area (Å²) in [5, 5.41) is 9.00. The quantitative estimate of drug-likeness (QED) is 0.754. The van der Waals surface area contributed by atoms with Crippen LogP contribution in [-0.4, -0.2) is 18.8 Å². The Morgan fingerprint density at radius 2 is 2.29 bits per heavy atom. The van der Waals surface area contributed by atoms with E-state index in [0.717, 1.165) is 11.1 Å². The normalized spacial score (nSPS) is 10.8. The number of hydrogen-bond acceptors (Lipinski definition) is 3. The van der Waals surface area contributed by atoms with Crippen molar-refractivity contribution in [2.45, 2.75) is 6.61 Å². The van der Waals surface area contributed by atoms with Gasteiger partial charge in [0.05, 0.1) is 13.7 Å². The van der Waals surface area contributed by atoms with Gasteiger partial charge in [-0.15, -0.1) is 0 Å². The van der Waals surface area contributed by atoms with Gasteiger partial charge >= 0.3 is 0 Å². The molecule has 0 radical (unpaired) electrons. The topological polar surface area (TPSA) is 55.5 Å². The molecule has 3 N–H and O–H groups in total. The van der Waals surface area contributed by atoms with Gasteiger partial charge in [-0.25, -0.2) is 0 Å². The van der Waals surface area contributed by atoms with Gasteiger partial charge in [-0.05, 0) is 11.6 Å². The molecule has 0 heterocycles. The molecule has 0 spiro atoms. The molecule has 0 amide bonds. The molecule has 1 rings (SSSR count). The number of aliphatic hydroxyl groups is 1. The molecule has 0 unspecified atom stereocenters. The molecule has 3 heteroatoms. The highest BCUT2D eigenvalue weighted by molar-refractivity contribution is 5.53. The van der Waals surface area contributed by atoms with Crippen LogP contribution in [0.2, 0.25) is 0 Å². The number of hydrogen-bond donors (Lipinski definition) is 2. The minimum atomic E-state index is -0.00986. The van der Waals surface area contributed by atoms with Crippen LogP contribution in [0.4, 0.5) is 0 Å². The average molecular weight is 193 g/mol. The Balaban J connectivity index is 2.95. The standard InChI is InChI=1S/C11H15NO2/c1-14-11-7-9(3-2-6-12)4-5-10(11)8-13/h2-5,7,13H,6,8,12H2,1H3. The van der Waals surface area contributed by atoms with Gasteiger partial charge in [0, 0.05) is 12.1 Å². The van der Waals surface area contributed by atoms with E-state index >= 15 is 0 Å². The number of ether oxygens (including phenoxy) is 1. The summed E-state index contributed by atoms with van der Waals surface area (Å²) in [6.07, 6.45) is 3.79. The van der Waals surface area contributed by atoms with Gasteiger partial charge in [0.15, 0.2) is 0 Å². The van der Waals surface area contributed by atoms with Crippen molar-refractivity contribution in [3.63, 3.8) is 0 Å².